The minimum atomic E-state index is 0.507. The molecule has 0 unspecified atom stereocenters. The molecule has 1 fully saturated rings. The van der Waals surface area contributed by atoms with Gasteiger partial charge in [0.25, 0.3) is 0 Å². The molecule has 0 aliphatic heterocycles. The Balaban J connectivity index is 2.10. The molecule has 2 aromatic rings. The molecule has 2 aromatic heterocycles. The molecule has 1 saturated carbocycles. The highest BCUT2D eigenvalue weighted by atomic mass is 35.5. The number of halogens is 1. The van der Waals surface area contributed by atoms with Crippen LogP contribution in [0.5, 0.6) is 0 Å². The first kappa shape index (κ1) is 9.85. The van der Waals surface area contributed by atoms with E-state index in [4.69, 9.17) is 16.0 Å². The highest BCUT2D eigenvalue weighted by Gasteiger charge is 2.26. The quantitative estimate of drug-likeness (QED) is 0.746. The molecule has 16 heavy (non-hydrogen) atoms. The van der Waals surface area contributed by atoms with Crippen molar-refractivity contribution in [3.8, 4) is 11.4 Å². The summed E-state index contributed by atoms with van der Waals surface area (Å²) in [6.07, 6.45) is 4.06. The first-order valence-corrected chi connectivity index (χ1v) is 5.71. The molecule has 2 heterocycles. The van der Waals surface area contributed by atoms with Crippen molar-refractivity contribution in [1.29, 1.82) is 0 Å². The number of rotatable bonds is 2. The van der Waals surface area contributed by atoms with Crippen LogP contribution in [-0.2, 0) is 0 Å². The smallest absolute Gasteiger partial charge is 0.164 e. The van der Waals surface area contributed by atoms with Crippen molar-refractivity contribution in [2.45, 2.75) is 25.7 Å². The molecular formula is C12H11ClN2O. The zero-order valence-electron chi connectivity index (χ0n) is 8.90. The standard InChI is InChI=1S/C12H11ClN2O/c1-7-9(4-5-16-7)12-14-10(8-2-3-8)6-11(13)15-12/h4-6,8H,2-3H2,1H3. The van der Waals surface area contributed by atoms with Crippen molar-refractivity contribution >= 4 is 11.6 Å². The molecule has 4 heteroatoms. The van der Waals surface area contributed by atoms with Gasteiger partial charge in [0.1, 0.15) is 10.9 Å². The van der Waals surface area contributed by atoms with Crippen molar-refractivity contribution in [3.05, 3.63) is 35.0 Å². The SMILES string of the molecule is Cc1occc1-c1nc(Cl)cc(C2CC2)n1. The van der Waals surface area contributed by atoms with Crippen LogP contribution in [0.4, 0.5) is 0 Å². The first-order chi connectivity index (χ1) is 7.74. The van der Waals surface area contributed by atoms with E-state index in [-0.39, 0.29) is 0 Å². The lowest BCUT2D eigenvalue weighted by molar-refractivity contribution is 0.535. The maximum atomic E-state index is 6.01. The van der Waals surface area contributed by atoms with Crippen LogP contribution in [0.25, 0.3) is 11.4 Å². The number of aromatic nitrogens is 2. The first-order valence-electron chi connectivity index (χ1n) is 5.33. The number of aryl methyl sites for hydroxylation is 1. The maximum absolute atomic E-state index is 6.01. The van der Waals surface area contributed by atoms with Crippen LogP contribution in [0.1, 0.15) is 30.2 Å². The Bertz CT molecular complexity index is 532. The van der Waals surface area contributed by atoms with E-state index in [0.29, 0.717) is 16.9 Å². The Labute approximate surface area is 98.5 Å². The molecule has 0 bridgehead atoms. The van der Waals surface area contributed by atoms with Crippen LogP contribution in [-0.4, -0.2) is 9.97 Å². The zero-order chi connectivity index (χ0) is 11.1. The Morgan fingerprint density at radius 2 is 2.19 bits per heavy atom. The summed E-state index contributed by atoms with van der Waals surface area (Å²) in [6.45, 7) is 1.90. The average molecular weight is 235 g/mol. The molecule has 0 atom stereocenters. The molecule has 1 aliphatic rings. The minimum absolute atomic E-state index is 0.507. The number of hydrogen-bond donors (Lipinski definition) is 0. The van der Waals surface area contributed by atoms with Gasteiger partial charge in [0.05, 0.1) is 11.8 Å². The van der Waals surface area contributed by atoms with Gasteiger partial charge in [0, 0.05) is 11.6 Å². The third-order valence-corrected chi connectivity index (χ3v) is 3.00. The molecule has 0 saturated heterocycles. The highest BCUT2D eigenvalue weighted by Crippen LogP contribution is 2.40. The second kappa shape index (κ2) is 3.59. The summed E-state index contributed by atoms with van der Waals surface area (Å²) in [5.74, 6) is 2.07. The van der Waals surface area contributed by atoms with Crippen LogP contribution in [0.2, 0.25) is 5.15 Å². The van der Waals surface area contributed by atoms with E-state index in [2.05, 4.69) is 9.97 Å². The molecule has 0 radical (unpaired) electrons. The van der Waals surface area contributed by atoms with Crippen LogP contribution < -0.4 is 0 Å². The van der Waals surface area contributed by atoms with Gasteiger partial charge in [-0.05, 0) is 31.9 Å². The van der Waals surface area contributed by atoms with Gasteiger partial charge in [0.15, 0.2) is 5.82 Å². The van der Waals surface area contributed by atoms with Crippen LogP contribution in [0.3, 0.4) is 0 Å². The van der Waals surface area contributed by atoms with Gasteiger partial charge >= 0.3 is 0 Å². The molecule has 82 valence electrons. The van der Waals surface area contributed by atoms with Gasteiger partial charge in [-0.2, -0.15) is 0 Å². The fraction of sp³-hybridized carbons (Fsp3) is 0.333. The van der Waals surface area contributed by atoms with Crippen LogP contribution >= 0.6 is 11.6 Å². The van der Waals surface area contributed by atoms with Crippen molar-refractivity contribution in [2.75, 3.05) is 0 Å². The fourth-order valence-electron chi connectivity index (χ4n) is 1.76. The highest BCUT2D eigenvalue weighted by molar-refractivity contribution is 6.29. The summed E-state index contributed by atoms with van der Waals surface area (Å²) in [5.41, 5.74) is 1.97. The van der Waals surface area contributed by atoms with Crippen molar-refractivity contribution in [2.24, 2.45) is 0 Å². The topological polar surface area (TPSA) is 38.9 Å². The summed E-state index contributed by atoms with van der Waals surface area (Å²) in [4.78, 5) is 8.78. The third kappa shape index (κ3) is 1.71. The molecule has 3 nitrogen and oxygen atoms in total. The fourth-order valence-corrected chi connectivity index (χ4v) is 1.95. The van der Waals surface area contributed by atoms with E-state index >= 15 is 0 Å². The number of nitrogens with zero attached hydrogens (tertiary/aromatic N) is 2. The lowest BCUT2D eigenvalue weighted by atomic mass is 10.2. The molecule has 3 rings (SSSR count). The lowest BCUT2D eigenvalue weighted by Crippen LogP contribution is -1.94. The Hall–Kier alpha value is -1.35. The average Bonchev–Trinajstić information content (AvgIpc) is 3.01. The van der Waals surface area contributed by atoms with Crippen molar-refractivity contribution in [1.82, 2.24) is 9.97 Å². The molecule has 1 aliphatic carbocycles. The second-order valence-corrected chi connectivity index (χ2v) is 4.49. The van der Waals surface area contributed by atoms with Crippen molar-refractivity contribution < 1.29 is 4.42 Å². The largest absolute Gasteiger partial charge is 0.469 e. The van der Waals surface area contributed by atoms with Crippen LogP contribution in [0, 0.1) is 6.92 Å². The van der Waals surface area contributed by atoms with E-state index in [0.717, 1.165) is 17.0 Å². The Kier molecular flexibility index (Phi) is 2.21. The Morgan fingerprint density at radius 3 is 2.81 bits per heavy atom. The van der Waals surface area contributed by atoms with Gasteiger partial charge in [-0.25, -0.2) is 9.97 Å². The molecular weight excluding hydrogens is 224 g/mol. The van der Waals surface area contributed by atoms with E-state index in [1.807, 2.05) is 19.1 Å². The predicted molar refractivity (Wildman–Crippen MR) is 61.5 cm³/mol. The minimum Gasteiger partial charge on any atom is -0.469 e. The van der Waals surface area contributed by atoms with Gasteiger partial charge in [-0.15, -0.1) is 0 Å². The zero-order valence-corrected chi connectivity index (χ0v) is 9.66. The molecule has 0 N–H and O–H groups in total. The summed E-state index contributed by atoms with van der Waals surface area (Å²) < 4.78 is 5.25. The molecule has 0 aromatic carbocycles. The molecule has 0 amide bonds. The van der Waals surface area contributed by atoms with E-state index in [1.54, 1.807) is 6.26 Å². The summed E-state index contributed by atoms with van der Waals surface area (Å²) in [7, 11) is 0. The van der Waals surface area contributed by atoms with Gasteiger partial charge in [-0.3, -0.25) is 0 Å². The second-order valence-electron chi connectivity index (χ2n) is 4.10. The monoisotopic (exact) mass is 234 g/mol. The molecule has 0 spiro atoms. The Morgan fingerprint density at radius 1 is 1.38 bits per heavy atom. The third-order valence-electron chi connectivity index (χ3n) is 2.81. The van der Waals surface area contributed by atoms with E-state index in [1.165, 1.54) is 12.8 Å². The van der Waals surface area contributed by atoms with Gasteiger partial charge < -0.3 is 4.42 Å². The predicted octanol–water partition coefficient (Wildman–Crippen LogP) is 3.58. The summed E-state index contributed by atoms with van der Waals surface area (Å²) >= 11 is 6.01. The van der Waals surface area contributed by atoms with Crippen LogP contribution in [0.15, 0.2) is 22.8 Å². The normalized spacial score (nSPS) is 15.4. The van der Waals surface area contributed by atoms with Crippen molar-refractivity contribution in [3.63, 3.8) is 0 Å². The maximum Gasteiger partial charge on any atom is 0.164 e. The number of hydrogen-bond acceptors (Lipinski definition) is 3. The van der Waals surface area contributed by atoms with Gasteiger partial charge in [0.2, 0.25) is 0 Å². The summed E-state index contributed by atoms with van der Waals surface area (Å²) in [5, 5.41) is 0.507. The van der Waals surface area contributed by atoms with Gasteiger partial charge in [-0.1, -0.05) is 11.6 Å². The lowest BCUT2D eigenvalue weighted by Gasteiger charge is -2.02. The summed E-state index contributed by atoms with van der Waals surface area (Å²) in [6, 6.07) is 3.73. The van der Waals surface area contributed by atoms with E-state index in [9.17, 15) is 0 Å². The van der Waals surface area contributed by atoms with E-state index < -0.39 is 0 Å². The number of furan rings is 1.